The fourth-order valence-electron chi connectivity index (χ4n) is 1.58. The third-order valence-corrected chi connectivity index (χ3v) is 3.48. The summed E-state index contributed by atoms with van der Waals surface area (Å²) < 4.78 is 0. The molecule has 0 fully saturated rings. The molecule has 0 aliphatic rings. The highest BCUT2D eigenvalue weighted by Crippen LogP contribution is 2.22. The standard InChI is InChI=1S/C13H16ClN3O/c1-8-15-10-5-4-9(6-11(10)16-8)17-12(18)13(2,3)7-14/h4-6H,7H2,1-3H3,(H,15,16)(H,17,18). The molecule has 4 nitrogen and oxygen atoms in total. The Labute approximate surface area is 111 Å². The van der Waals surface area contributed by atoms with Crippen LogP contribution in [0.5, 0.6) is 0 Å². The van der Waals surface area contributed by atoms with E-state index in [1.165, 1.54) is 0 Å². The highest BCUT2D eigenvalue weighted by molar-refractivity contribution is 6.20. The fraction of sp³-hybridized carbons (Fsp3) is 0.385. The van der Waals surface area contributed by atoms with Crippen molar-refractivity contribution >= 4 is 34.2 Å². The molecule has 96 valence electrons. The molecule has 0 aliphatic heterocycles. The van der Waals surface area contributed by atoms with Gasteiger partial charge in [0.15, 0.2) is 0 Å². The summed E-state index contributed by atoms with van der Waals surface area (Å²) >= 11 is 5.78. The quantitative estimate of drug-likeness (QED) is 0.838. The number of amides is 1. The maximum Gasteiger partial charge on any atom is 0.231 e. The molecule has 0 aliphatic carbocycles. The van der Waals surface area contributed by atoms with E-state index >= 15 is 0 Å². The van der Waals surface area contributed by atoms with Crippen LogP contribution in [0.4, 0.5) is 5.69 Å². The summed E-state index contributed by atoms with van der Waals surface area (Å²) in [6.45, 7) is 5.53. The van der Waals surface area contributed by atoms with E-state index in [9.17, 15) is 4.79 Å². The Kier molecular flexibility index (Phi) is 3.30. The van der Waals surface area contributed by atoms with Crippen LogP contribution in [-0.2, 0) is 4.79 Å². The van der Waals surface area contributed by atoms with Crippen LogP contribution in [0.25, 0.3) is 11.0 Å². The molecule has 5 heteroatoms. The van der Waals surface area contributed by atoms with Crippen molar-refractivity contribution in [1.29, 1.82) is 0 Å². The van der Waals surface area contributed by atoms with E-state index in [0.717, 1.165) is 22.5 Å². The number of nitrogens with one attached hydrogen (secondary N) is 2. The fourth-order valence-corrected chi connectivity index (χ4v) is 1.70. The van der Waals surface area contributed by atoms with Crippen LogP contribution in [0, 0.1) is 12.3 Å². The number of anilines is 1. The van der Waals surface area contributed by atoms with Gasteiger partial charge in [0, 0.05) is 11.6 Å². The number of imidazole rings is 1. The lowest BCUT2D eigenvalue weighted by molar-refractivity contribution is -0.122. The SMILES string of the molecule is Cc1nc2ccc(NC(=O)C(C)(C)CCl)cc2[nH]1. The lowest BCUT2D eigenvalue weighted by atomic mass is 9.95. The zero-order valence-corrected chi connectivity index (χ0v) is 11.4. The monoisotopic (exact) mass is 265 g/mol. The number of benzene rings is 1. The first-order valence-electron chi connectivity index (χ1n) is 5.76. The number of carbonyl (C=O) groups excluding carboxylic acids is 1. The first kappa shape index (κ1) is 12.9. The lowest BCUT2D eigenvalue weighted by Gasteiger charge is -2.20. The first-order valence-corrected chi connectivity index (χ1v) is 6.29. The van der Waals surface area contributed by atoms with Crippen LogP contribution in [0.1, 0.15) is 19.7 Å². The van der Waals surface area contributed by atoms with Gasteiger partial charge in [-0.15, -0.1) is 11.6 Å². The number of rotatable bonds is 3. The molecule has 18 heavy (non-hydrogen) atoms. The number of aromatic nitrogens is 2. The number of H-pyrrole nitrogens is 1. The van der Waals surface area contributed by atoms with E-state index in [4.69, 9.17) is 11.6 Å². The van der Waals surface area contributed by atoms with Crippen molar-refractivity contribution in [2.75, 3.05) is 11.2 Å². The minimum absolute atomic E-state index is 0.0897. The molecule has 0 saturated heterocycles. The third-order valence-electron chi connectivity index (χ3n) is 2.81. The Hall–Kier alpha value is -1.55. The van der Waals surface area contributed by atoms with Crippen LogP contribution in [0.2, 0.25) is 0 Å². The number of fused-ring (bicyclic) bond motifs is 1. The van der Waals surface area contributed by atoms with E-state index in [2.05, 4.69) is 15.3 Å². The lowest BCUT2D eigenvalue weighted by Crippen LogP contribution is -2.32. The molecular formula is C13H16ClN3O. The number of alkyl halides is 1. The molecule has 0 spiro atoms. The smallest absolute Gasteiger partial charge is 0.231 e. The number of nitrogens with zero attached hydrogens (tertiary/aromatic N) is 1. The molecule has 1 heterocycles. The summed E-state index contributed by atoms with van der Waals surface area (Å²) in [4.78, 5) is 19.4. The van der Waals surface area contributed by atoms with Gasteiger partial charge in [-0.3, -0.25) is 4.79 Å². The van der Waals surface area contributed by atoms with E-state index in [1.807, 2.05) is 39.0 Å². The molecule has 2 rings (SSSR count). The number of halogens is 1. The molecule has 0 atom stereocenters. The Bertz CT molecular complexity index is 589. The number of aromatic amines is 1. The summed E-state index contributed by atoms with van der Waals surface area (Å²) in [6.07, 6.45) is 0. The molecule has 0 bridgehead atoms. The highest BCUT2D eigenvalue weighted by atomic mass is 35.5. The summed E-state index contributed by atoms with van der Waals surface area (Å²) in [5, 5.41) is 2.86. The van der Waals surface area contributed by atoms with Gasteiger partial charge in [-0.2, -0.15) is 0 Å². The first-order chi connectivity index (χ1) is 8.42. The van der Waals surface area contributed by atoms with Gasteiger partial charge in [-0.25, -0.2) is 4.98 Å². The van der Waals surface area contributed by atoms with Crippen LogP contribution in [-0.4, -0.2) is 21.8 Å². The topological polar surface area (TPSA) is 57.8 Å². The van der Waals surface area contributed by atoms with Crippen LogP contribution in [0.15, 0.2) is 18.2 Å². The Balaban J connectivity index is 2.24. The second-order valence-electron chi connectivity index (χ2n) is 5.03. The van der Waals surface area contributed by atoms with E-state index in [-0.39, 0.29) is 11.8 Å². The molecule has 2 aromatic rings. The zero-order valence-electron chi connectivity index (χ0n) is 10.7. The van der Waals surface area contributed by atoms with E-state index in [0.29, 0.717) is 0 Å². The summed E-state index contributed by atoms with van der Waals surface area (Å²) in [6, 6.07) is 5.59. The van der Waals surface area contributed by atoms with Crippen molar-refractivity contribution in [1.82, 2.24) is 9.97 Å². The highest BCUT2D eigenvalue weighted by Gasteiger charge is 2.26. The third kappa shape index (κ3) is 2.48. The zero-order chi connectivity index (χ0) is 13.3. The van der Waals surface area contributed by atoms with Gasteiger partial charge in [-0.1, -0.05) is 0 Å². The van der Waals surface area contributed by atoms with Gasteiger partial charge in [0.25, 0.3) is 0 Å². The minimum atomic E-state index is -0.583. The summed E-state index contributed by atoms with van der Waals surface area (Å²) in [5.74, 6) is 1.05. The van der Waals surface area contributed by atoms with Crippen LogP contribution in [0.3, 0.4) is 0 Å². The summed E-state index contributed by atoms with van der Waals surface area (Å²) in [7, 11) is 0. The predicted octanol–water partition coefficient (Wildman–Crippen LogP) is 3.07. The van der Waals surface area contributed by atoms with Crippen molar-refractivity contribution in [3.8, 4) is 0 Å². The number of aryl methyl sites for hydroxylation is 1. The molecule has 1 aromatic heterocycles. The average molecular weight is 266 g/mol. The van der Waals surface area contributed by atoms with Crippen LogP contribution < -0.4 is 5.32 Å². The van der Waals surface area contributed by atoms with Gasteiger partial charge >= 0.3 is 0 Å². The number of carbonyl (C=O) groups is 1. The Morgan fingerprint density at radius 3 is 2.89 bits per heavy atom. The van der Waals surface area contributed by atoms with E-state index in [1.54, 1.807) is 0 Å². The molecule has 0 unspecified atom stereocenters. The molecule has 0 saturated carbocycles. The second-order valence-corrected chi connectivity index (χ2v) is 5.29. The minimum Gasteiger partial charge on any atom is -0.342 e. The van der Waals surface area contributed by atoms with Gasteiger partial charge in [0.2, 0.25) is 5.91 Å². The van der Waals surface area contributed by atoms with Crippen molar-refractivity contribution < 1.29 is 4.79 Å². The van der Waals surface area contributed by atoms with Crippen molar-refractivity contribution in [3.63, 3.8) is 0 Å². The molecule has 1 aromatic carbocycles. The molecule has 0 radical (unpaired) electrons. The summed E-state index contributed by atoms with van der Waals surface area (Å²) in [5.41, 5.74) is 1.96. The maximum atomic E-state index is 12.0. The van der Waals surface area contributed by atoms with Crippen LogP contribution >= 0.6 is 11.6 Å². The van der Waals surface area contributed by atoms with E-state index < -0.39 is 5.41 Å². The molecular weight excluding hydrogens is 250 g/mol. The average Bonchev–Trinajstić information content (AvgIpc) is 2.68. The molecule has 1 amide bonds. The second kappa shape index (κ2) is 4.61. The van der Waals surface area contributed by atoms with Gasteiger partial charge in [0.1, 0.15) is 5.82 Å². The normalized spacial score (nSPS) is 11.8. The van der Waals surface area contributed by atoms with Gasteiger partial charge in [-0.05, 0) is 39.0 Å². The Morgan fingerprint density at radius 1 is 1.50 bits per heavy atom. The van der Waals surface area contributed by atoms with Crippen molar-refractivity contribution in [2.45, 2.75) is 20.8 Å². The Morgan fingerprint density at radius 2 is 2.22 bits per heavy atom. The molecule has 2 N–H and O–H groups in total. The van der Waals surface area contributed by atoms with Gasteiger partial charge in [0.05, 0.1) is 16.4 Å². The largest absolute Gasteiger partial charge is 0.342 e. The van der Waals surface area contributed by atoms with Crippen molar-refractivity contribution in [3.05, 3.63) is 24.0 Å². The predicted molar refractivity (Wildman–Crippen MR) is 74.0 cm³/mol. The van der Waals surface area contributed by atoms with Gasteiger partial charge < -0.3 is 10.3 Å². The van der Waals surface area contributed by atoms with Crippen molar-refractivity contribution in [2.24, 2.45) is 5.41 Å². The maximum absolute atomic E-state index is 12.0. The number of hydrogen-bond donors (Lipinski definition) is 2. The number of hydrogen-bond acceptors (Lipinski definition) is 2.